The van der Waals surface area contributed by atoms with E-state index in [2.05, 4.69) is 15.6 Å². The number of carboxylic acid groups (broad SMARTS) is 2. The van der Waals surface area contributed by atoms with Gasteiger partial charge in [-0.15, -0.1) is 0 Å². The first-order chi connectivity index (χ1) is 18.4. The SMILES string of the molecule is NC(N)=NCCCC(NC(=O)C(CC(=O)O)NC(=O)C(N)Cc1ccc(O)cc1)C(=O)N1CCCC1C(=O)O. The number of hydrogen-bond acceptors (Lipinski definition) is 8. The Labute approximate surface area is 224 Å². The molecule has 214 valence electrons. The van der Waals surface area contributed by atoms with E-state index in [1.165, 1.54) is 12.1 Å². The second-order valence-electron chi connectivity index (χ2n) is 9.17. The number of phenolic OH excluding ortho intramolecular Hbond substituents is 1. The zero-order chi connectivity index (χ0) is 29.1. The molecule has 39 heavy (non-hydrogen) atoms. The van der Waals surface area contributed by atoms with Gasteiger partial charge in [-0.2, -0.15) is 0 Å². The molecule has 4 atom stereocenters. The molecule has 1 aliphatic rings. The molecule has 1 saturated heterocycles. The van der Waals surface area contributed by atoms with Crippen molar-refractivity contribution in [3.8, 4) is 5.75 Å². The van der Waals surface area contributed by atoms with E-state index in [0.717, 1.165) is 4.90 Å². The second-order valence-corrected chi connectivity index (χ2v) is 9.17. The van der Waals surface area contributed by atoms with E-state index < -0.39 is 60.2 Å². The summed E-state index contributed by atoms with van der Waals surface area (Å²) in [6.45, 7) is 0.309. The third-order valence-electron chi connectivity index (χ3n) is 6.12. The summed E-state index contributed by atoms with van der Waals surface area (Å²) in [4.78, 5) is 67.1. The number of phenols is 1. The van der Waals surface area contributed by atoms with E-state index in [0.29, 0.717) is 12.0 Å². The van der Waals surface area contributed by atoms with Crippen LogP contribution in [0.5, 0.6) is 5.75 Å². The second kappa shape index (κ2) is 14.5. The quantitative estimate of drug-likeness (QED) is 0.0703. The Bertz CT molecular complexity index is 1070. The molecule has 1 aliphatic heterocycles. The van der Waals surface area contributed by atoms with Gasteiger partial charge < -0.3 is 48.1 Å². The molecule has 4 unspecified atom stereocenters. The number of likely N-dealkylation sites (tertiary alicyclic amines) is 1. The average Bonchev–Trinajstić information content (AvgIpc) is 3.36. The first-order valence-electron chi connectivity index (χ1n) is 12.3. The summed E-state index contributed by atoms with van der Waals surface area (Å²) in [6, 6.07) is 0.975. The van der Waals surface area contributed by atoms with Crippen molar-refractivity contribution in [3.05, 3.63) is 29.8 Å². The minimum Gasteiger partial charge on any atom is -0.508 e. The van der Waals surface area contributed by atoms with E-state index in [9.17, 15) is 39.3 Å². The lowest BCUT2D eigenvalue weighted by Crippen LogP contribution is -2.57. The summed E-state index contributed by atoms with van der Waals surface area (Å²) < 4.78 is 0. The number of amides is 3. The molecule has 2 rings (SSSR count). The van der Waals surface area contributed by atoms with Gasteiger partial charge in [0.1, 0.15) is 23.9 Å². The Morgan fingerprint density at radius 3 is 2.26 bits per heavy atom. The normalized spacial score (nSPS) is 16.9. The molecule has 0 aliphatic carbocycles. The molecule has 3 amide bonds. The van der Waals surface area contributed by atoms with Crippen molar-refractivity contribution in [2.75, 3.05) is 13.1 Å². The van der Waals surface area contributed by atoms with Gasteiger partial charge in [0.25, 0.3) is 0 Å². The number of guanidine groups is 1. The largest absolute Gasteiger partial charge is 0.508 e. The van der Waals surface area contributed by atoms with Gasteiger partial charge in [-0.1, -0.05) is 12.1 Å². The third-order valence-corrected chi connectivity index (χ3v) is 6.12. The van der Waals surface area contributed by atoms with Crippen LogP contribution in [0.1, 0.15) is 37.7 Å². The first kappa shape index (κ1) is 30.8. The zero-order valence-corrected chi connectivity index (χ0v) is 21.3. The molecule has 0 saturated carbocycles. The monoisotopic (exact) mass is 549 g/mol. The average molecular weight is 550 g/mol. The maximum atomic E-state index is 13.2. The van der Waals surface area contributed by atoms with Gasteiger partial charge in [-0.25, -0.2) is 4.79 Å². The standard InChI is InChI=1S/C24H35N7O8/c25-15(11-13-5-7-14(32)8-6-13)20(35)30-17(12-19(33)34)21(36)29-16(3-1-9-28-24(26)27)22(37)31-10-2-4-18(31)23(38)39/h5-8,15-18,32H,1-4,9-12,25H2,(H,29,36)(H,30,35)(H,33,34)(H,38,39)(H4,26,27,28). The zero-order valence-electron chi connectivity index (χ0n) is 21.3. The number of carboxylic acids is 2. The van der Waals surface area contributed by atoms with Gasteiger partial charge in [0, 0.05) is 13.1 Å². The molecule has 1 heterocycles. The van der Waals surface area contributed by atoms with Crippen LogP contribution in [0.25, 0.3) is 0 Å². The van der Waals surface area contributed by atoms with Crippen molar-refractivity contribution in [1.29, 1.82) is 0 Å². The maximum absolute atomic E-state index is 13.2. The van der Waals surface area contributed by atoms with Gasteiger partial charge >= 0.3 is 11.9 Å². The van der Waals surface area contributed by atoms with Crippen LogP contribution in [-0.4, -0.2) is 93.1 Å². The molecule has 0 aromatic heterocycles. The van der Waals surface area contributed by atoms with Crippen molar-refractivity contribution < 1.29 is 39.3 Å². The number of aromatic hydroxyl groups is 1. The van der Waals surface area contributed by atoms with Crippen LogP contribution in [0.3, 0.4) is 0 Å². The summed E-state index contributed by atoms with van der Waals surface area (Å²) in [6.07, 6.45) is 0.247. The predicted octanol–water partition coefficient (Wildman–Crippen LogP) is -2.16. The number of benzene rings is 1. The highest BCUT2D eigenvalue weighted by Gasteiger charge is 2.38. The molecular weight excluding hydrogens is 514 g/mol. The summed E-state index contributed by atoms with van der Waals surface area (Å²) in [5.74, 6) is -5.10. The van der Waals surface area contributed by atoms with E-state index in [4.69, 9.17) is 17.2 Å². The molecule has 15 nitrogen and oxygen atoms in total. The molecule has 15 heteroatoms. The van der Waals surface area contributed by atoms with Crippen molar-refractivity contribution in [1.82, 2.24) is 15.5 Å². The van der Waals surface area contributed by atoms with Crippen LogP contribution in [0.15, 0.2) is 29.3 Å². The van der Waals surface area contributed by atoms with Gasteiger partial charge in [0.2, 0.25) is 17.7 Å². The number of nitrogens with one attached hydrogen (secondary N) is 2. The fraction of sp³-hybridized carbons (Fsp3) is 0.500. The summed E-state index contributed by atoms with van der Waals surface area (Å²) in [5.41, 5.74) is 17.2. The van der Waals surface area contributed by atoms with Gasteiger partial charge in [-0.05, 0) is 49.8 Å². The fourth-order valence-electron chi connectivity index (χ4n) is 4.16. The highest BCUT2D eigenvalue weighted by atomic mass is 16.4. The Kier molecular flexibility index (Phi) is 11.5. The minimum absolute atomic E-state index is 0.0261. The lowest BCUT2D eigenvalue weighted by atomic mass is 10.0. The molecule has 0 radical (unpaired) electrons. The number of hydrogen-bond donors (Lipinski definition) is 8. The highest BCUT2D eigenvalue weighted by Crippen LogP contribution is 2.20. The molecule has 1 fully saturated rings. The molecule has 1 aromatic rings. The third kappa shape index (κ3) is 9.77. The maximum Gasteiger partial charge on any atom is 0.326 e. The predicted molar refractivity (Wildman–Crippen MR) is 138 cm³/mol. The number of carbonyl (C=O) groups excluding carboxylic acids is 3. The Balaban J connectivity index is 2.15. The van der Waals surface area contributed by atoms with Gasteiger partial charge in [0.15, 0.2) is 5.96 Å². The summed E-state index contributed by atoms with van der Waals surface area (Å²) >= 11 is 0. The van der Waals surface area contributed by atoms with Crippen LogP contribution in [0, 0.1) is 0 Å². The smallest absolute Gasteiger partial charge is 0.326 e. The van der Waals surface area contributed by atoms with E-state index in [1.807, 2.05) is 0 Å². The summed E-state index contributed by atoms with van der Waals surface area (Å²) in [5, 5.41) is 33.0. The van der Waals surface area contributed by atoms with Gasteiger partial charge in [-0.3, -0.25) is 24.2 Å². The number of nitrogens with zero attached hydrogens (tertiary/aromatic N) is 2. The van der Waals surface area contributed by atoms with Crippen LogP contribution in [0.2, 0.25) is 0 Å². The molecule has 11 N–H and O–H groups in total. The minimum atomic E-state index is -1.57. The van der Waals surface area contributed by atoms with Crippen molar-refractivity contribution >= 4 is 35.6 Å². The van der Waals surface area contributed by atoms with Crippen LogP contribution < -0.4 is 27.8 Å². The lowest BCUT2D eigenvalue weighted by molar-refractivity contribution is -0.149. The van der Waals surface area contributed by atoms with Crippen molar-refractivity contribution in [2.45, 2.75) is 62.7 Å². The van der Waals surface area contributed by atoms with Crippen LogP contribution in [0.4, 0.5) is 0 Å². The number of aliphatic carboxylic acids is 2. The van der Waals surface area contributed by atoms with Crippen molar-refractivity contribution in [2.24, 2.45) is 22.2 Å². The van der Waals surface area contributed by atoms with Gasteiger partial charge in [0.05, 0.1) is 12.5 Å². The lowest BCUT2D eigenvalue weighted by Gasteiger charge is -2.28. The molecule has 0 spiro atoms. The topological polar surface area (TPSA) is 264 Å². The Morgan fingerprint density at radius 2 is 1.67 bits per heavy atom. The summed E-state index contributed by atoms with van der Waals surface area (Å²) in [7, 11) is 0. The first-order valence-corrected chi connectivity index (χ1v) is 12.3. The van der Waals surface area contributed by atoms with E-state index in [-0.39, 0.29) is 50.5 Å². The Morgan fingerprint density at radius 1 is 1.03 bits per heavy atom. The van der Waals surface area contributed by atoms with Crippen molar-refractivity contribution in [3.63, 3.8) is 0 Å². The highest BCUT2D eigenvalue weighted by molar-refractivity contribution is 5.95. The number of rotatable bonds is 14. The number of aliphatic imine (C=N–C) groups is 1. The number of nitrogens with two attached hydrogens (primary N) is 3. The van der Waals surface area contributed by atoms with Crippen LogP contribution in [-0.2, 0) is 30.4 Å². The molecule has 0 bridgehead atoms. The van der Waals surface area contributed by atoms with Crippen LogP contribution >= 0.6 is 0 Å². The van der Waals surface area contributed by atoms with E-state index >= 15 is 0 Å². The molecular formula is C24H35N7O8. The van der Waals surface area contributed by atoms with E-state index in [1.54, 1.807) is 12.1 Å². The fourth-order valence-corrected chi connectivity index (χ4v) is 4.16. The number of carbonyl (C=O) groups is 5. The Hall–Kier alpha value is -4.40. The molecule has 1 aromatic carbocycles.